The number of rotatable bonds is 1. The van der Waals surface area contributed by atoms with Crippen molar-refractivity contribution in [2.75, 3.05) is 0 Å². The van der Waals surface area contributed by atoms with Crippen LogP contribution in [-0.2, 0) is 7.05 Å². The van der Waals surface area contributed by atoms with Crippen molar-refractivity contribution >= 4 is 38.1 Å². The Balaban J connectivity index is 0.00000171. The molecular formula is C24H18ClN3. The second-order valence-electron chi connectivity index (χ2n) is 7.13. The topological polar surface area (TPSA) is 14.0 Å². The van der Waals surface area contributed by atoms with E-state index in [9.17, 15) is 0 Å². The van der Waals surface area contributed by atoms with Crippen LogP contribution in [0, 0.1) is 0 Å². The fourth-order valence-electron chi connectivity index (χ4n) is 4.26. The van der Waals surface area contributed by atoms with Crippen LogP contribution in [0.2, 0.25) is 0 Å². The highest BCUT2D eigenvalue weighted by Gasteiger charge is 2.17. The molecule has 0 spiro atoms. The third kappa shape index (κ3) is 2.26. The van der Waals surface area contributed by atoms with Gasteiger partial charge in [0.2, 0.25) is 0 Å². The van der Waals surface area contributed by atoms with Crippen LogP contribution in [0.15, 0.2) is 91.5 Å². The Morgan fingerprint density at radius 1 is 0.786 bits per heavy atom. The van der Waals surface area contributed by atoms with Crippen molar-refractivity contribution in [3.05, 3.63) is 91.5 Å². The molecule has 136 valence electrons. The maximum Gasteiger partial charge on any atom is 0.254 e. The summed E-state index contributed by atoms with van der Waals surface area (Å²) in [5.74, 6) is 0. The van der Waals surface area contributed by atoms with Crippen LogP contribution in [0.3, 0.4) is 0 Å². The van der Waals surface area contributed by atoms with Gasteiger partial charge in [-0.05, 0) is 35.0 Å². The van der Waals surface area contributed by atoms with E-state index in [4.69, 9.17) is 0 Å². The van der Waals surface area contributed by atoms with Crippen molar-refractivity contribution in [3.63, 3.8) is 0 Å². The molecular weight excluding hydrogens is 366 g/mol. The van der Waals surface area contributed by atoms with E-state index in [1.54, 1.807) is 0 Å². The second kappa shape index (κ2) is 6.11. The summed E-state index contributed by atoms with van der Waals surface area (Å²) in [6, 6.07) is 25.9. The van der Waals surface area contributed by atoms with Crippen molar-refractivity contribution in [1.82, 2.24) is 9.13 Å². The second-order valence-corrected chi connectivity index (χ2v) is 7.13. The maximum atomic E-state index is 2.30. The average molecular weight is 384 g/mol. The molecule has 0 radical (unpaired) electrons. The van der Waals surface area contributed by atoms with E-state index in [1.807, 2.05) is 0 Å². The number of imidazole rings is 1. The summed E-state index contributed by atoms with van der Waals surface area (Å²) in [6.07, 6.45) is 6.53. The van der Waals surface area contributed by atoms with E-state index in [0.717, 1.165) is 0 Å². The van der Waals surface area contributed by atoms with Gasteiger partial charge in [-0.25, -0.2) is 8.97 Å². The van der Waals surface area contributed by atoms with Gasteiger partial charge < -0.3 is 17.0 Å². The van der Waals surface area contributed by atoms with Crippen molar-refractivity contribution in [3.8, 4) is 5.69 Å². The number of nitrogens with zero attached hydrogens (tertiary/aromatic N) is 3. The van der Waals surface area contributed by atoms with E-state index < -0.39 is 0 Å². The zero-order valence-corrected chi connectivity index (χ0v) is 16.1. The molecule has 0 N–H and O–H groups in total. The first-order valence-corrected chi connectivity index (χ1v) is 9.18. The predicted molar refractivity (Wildman–Crippen MR) is 110 cm³/mol. The lowest BCUT2D eigenvalue weighted by Gasteiger charge is -1.99. The smallest absolute Gasteiger partial charge is 0.254 e. The van der Waals surface area contributed by atoms with Crippen LogP contribution in [0.25, 0.3) is 43.8 Å². The van der Waals surface area contributed by atoms with Crippen LogP contribution in [0.1, 0.15) is 0 Å². The normalized spacial score (nSPS) is 11.5. The molecule has 0 bridgehead atoms. The first-order chi connectivity index (χ1) is 13.3. The molecule has 4 heteroatoms. The van der Waals surface area contributed by atoms with Gasteiger partial charge in [0.15, 0.2) is 5.52 Å². The van der Waals surface area contributed by atoms with Crippen LogP contribution in [0.4, 0.5) is 0 Å². The van der Waals surface area contributed by atoms with Crippen molar-refractivity contribution in [1.29, 1.82) is 0 Å². The van der Waals surface area contributed by atoms with Gasteiger partial charge in [-0.2, -0.15) is 0 Å². The van der Waals surface area contributed by atoms with Gasteiger partial charge >= 0.3 is 0 Å². The first-order valence-electron chi connectivity index (χ1n) is 9.18. The lowest BCUT2D eigenvalue weighted by molar-refractivity contribution is -0.510. The molecule has 0 aliphatic rings. The van der Waals surface area contributed by atoms with Gasteiger partial charge in [-0.3, -0.25) is 0 Å². The Bertz CT molecular complexity index is 1490. The van der Waals surface area contributed by atoms with Gasteiger partial charge in [0.25, 0.3) is 6.33 Å². The fraction of sp³-hybridized carbons (Fsp3) is 0.0417. The molecule has 3 aromatic carbocycles. The van der Waals surface area contributed by atoms with E-state index in [2.05, 4.69) is 112 Å². The highest BCUT2D eigenvalue weighted by atomic mass is 35.5. The first kappa shape index (κ1) is 16.8. The zero-order valence-electron chi connectivity index (χ0n) is 15.4. The Morgan fingerprint density at radius 3 is 2.46 bits per heavy atom. The molecule has 0 aliphatic heterocycles. The molecule has 0 atom stereocenters. The highest BCUT2D eigenvalue weighted by Crippen LogP contribution is 2.29. The SMILES string of the molecule is Cn1c2ccccc2c2cc[n+]3cn(-c4ccc5ccccc5c4)cc3c21.[Cl-]. The molecule has 0 saturated heterocycles. The summed E-state index contributed by atoms with van der Waals surface area (Å²) in [6.45, 7) is 0. The van der Waals surface area contributed by atoms with Gasteiger partial charge in [-0.1, -0.05) is 48.5 Å². The van der Waals surface area contributed by atoms with Crippen molar-refractivity contribution < 1.29 is 16.8 Å². The summed E-state index contributed by atoms with van der Waals surface area (Å²) in [5.41, 5.74) is 4.90. The number of hydrogen-bond acceptors (Lipinski definition) is 0. The van der Waals surface area contributed by atoms with Crippen molar-refractivity contribution in [2.45, 2.75) is 0 Å². The molecule has 6 rings (SSSR count). The monoisotopic (exact) mass is 383 g/mol. The van der Waals surface area contributed by atoms with Crippen LogP contribution >= 0.6 is 0 Å². The minimum Gasteiger partial charge on any atom is -1.00 e. The minimum absolute atomic E-state index is 0. The molecule has 0 saturated carbocycles. The van der Waals surface area contributed by atoms with Gasteiger partial charge in [0.1, 0.15) is 17.4 Å². The maximum absolute atomic E-state index is 2.30. The van der Waals surface area contributed by atoms with Crippen LogP contribution in [0.5, 0.6) is 0 Å². The Morgan fingerprint density at radius 2 is 1.57 bits per heavy atom. The summed E-state index contributed by atoms with van der Waals surface area (Å²) in [5, 5.41) is 5.12. The number of fused-ring (bicyclic) bond motifs is 6. The Kier molecular flexibility index (Phi) is 3.68. The molecule has 3 aromatic heterocycles. The van der Waals surface area contributed by atoms with Gasteiger partial charge in [0.05, 0.1) is 6.20 Å². The third-order valence-electron chi connectivity index (χ3n) is 5.61. The highest BCUT2D eigenvalue weighted by molar-refractivity contribution is 6.11. The molecule has 6 aromatic rings. The third-order valence-corrected chi connectivity index (χ3v) is 5.61. The molecule has 0 fully saturated rings. The fourth-order valence-corrected chi connectivity index (χ4v) is 4.26. The predicted octanol–water partition coefficient (Wildman–Crippen LogP) is 2.02. The molecule has 0 unspecified atom stereocenters. The van der Waals surface area contributed by atoms with Gasteiger partial charge in [0, 0.05) is 23.3 Å². The number of aryl methyl sites for hydroxylation is 1. The number of para-hydroxylation sites is 1. The summed E-state index contributed by atoms with van der Waals surface area (Å²) in [7, 11) is 2.15. The average Bonchev–Trinajstić information content (AvgIpc) is 3.27. The molecule has 3 heterocycles. The van der Waals surface area contributed by atoms with Crippen LogP contribution in [-0.4, -0.2) is 9.13 Å². The molecule has 28 heavy (non-hydrogen) atoms. The Labute approximate surface area is 168 Å². The van der Waals surface area contributed by atoms with Gasteiger partial charge in [-0.15, -0.1) is 0 Å². The number of hydrogen-bond donors (Lipinski definition) is 0. The van der Waals surface area contributed by atoms with Crippen LogP contribution < -0.4 is 16.8 Å². The number of aromatic nitrogens is 3. The number of benzene rings is 3. The van der Waals surface area contributed by atoms with Crippen molar-refractivity contribution in [2.24, 2.45) is 7.05 Å². The number of halogens is 1. The number of pyridine rings is 1. The van der Waals surface area contributed by atoms with E-state index >= 15 is 0 Å². The summed E-state index contributed by atoms with van der Waals surface area (Å²) >= 11 is 0. The zero-order chi connectivity index (χ0) is 18.0. The standard InChI is InChI=1S/C24H18N3.ClH/c1-25-22-9-5-4-8-20(22)21-12-13-26-16-27(15-23(26)24(21)25)19-11-10-17-6-2-3-7-18(17)14-19;/h2-16H,1H3;1H/q+1;/p-1. The molecule has 0 aliphatic carbocycles. The Hall–Kier alpha value is -3.30. The molecule has 0 amide bonds. The lowest BCUT2D eigenvalue weighted by atomic mass is 10.1. The largest absolute Gasteiger partial charge is 1.00 e. The van der Waals surface area contributed by atoms with E-state index in [1.165, 1.54) is 43.8 Å². The van der Waals surface area contributed by atoms with E-state index in [-0.39, 0.29) is 12.4 Å². The summed E-state index contributed by atoms with van der Waals surface area (Å²) < 4.78 is 6.71. The quantitative estimate of drug-likeness (QED) is 0.386. The van der Waals surface area contributed by atoms with E-state index in [0.29, 0.717) is 0 Å². The summed E-state index contributed by atoms with van der Waals surface area (Å²) in [4.78, 5) is 0. The minimum atomic E-state index is 0. The molecule has 3 nitrogen and oxygen atoms in total. The lowest BCUT2D eigenvalue weighted by Crippen LogP contribution is -3.00.